The normalized spacial score (nSPS) is 11.8. The molecule has 9 heteroatoms. The molecule has 1 heterocycles. The van der Waals surface area contributed by atoms with Crippen molar-refractivity contribution in [2.45, 2.75) is 26.3 Å². The Morgan fingerprint density at radius 1 is 1.06 bits per heavy atom. The molecule has 0 aliphatic carbocycles. The number of nitrogens with zero attached hydrogens (tertiary/aromatic N) is 2. The van der Waals surface area contributed by atoms with Crippen molar-refractivity contribution in [2.24, 2.45) is 5.92 Å². The van der Waals surface area contributed by atoms with Crippen LogP contribution in [0.15, 0.2) is 48.7 Å². The van der Waals surface area contributed by atoms with Gasteiger partial charge in [0, 0.05) is 5.02 Å². The first kappa shape index (κ1) is 23.3. The summed E-state index contributed by atoms with van der Waals surface area (Å²) in [6.07, 6.45) is 2.00. The summed E-state index contributed by atoms with van der Waals surface area (Å²) in [5, 5.41) is 3.23. The quantitative estimate of drug-likeness (QED) is 0.481. The minimum atomic E-state index is -0.703. The van der Waals surface area contributed by atoms with Crippen molar-refractivity contribution < 1.29 is 23.8 Å². The van der Waals surface area contributed by atoms with E-state index in [0.29, 0.717) is 39.9 Å². The molecule has 3 aromatic rings. The molecule has 3 rings (SSSR count). The number of rotatable bonds is 9. The summed E-state index contributed by atoms with van der Waals surface area (Å²) in [5.74, 6) is 0.684. The molecule has 8 nitrogen and oxygen atoms in total. The lowest BCUT2D eigenvalue weighted by atomic mass is 10.0. The van der Waals surface area contributed by atoms with Crippen molar-refractivity contribution in [3.8, 4) is 17.4 Å². The molecule has 0 saturated carbocycles. The van der Waals surface area contributed by atoms with Gasteiger partial charge in [0.15, 0.2) is 6.61 Å². The van der Waals surface area contributed by atoms with Crippen LogP contribution in [0.3, 0.4) is 0 Å². The van der Waals surface area contributed by atoms with E-state index in [-0.39, 0.29) is 12.5 Å². The van der Waals surface area contributed by atoms with Crippen LogP contribution >= 0.6 is 11.6 Å². The Morgan fingerprint density at radius 2 is 1.78 bits per heavy atom. The van der Waals surface area contributed by atoms with Crippen molar-refractivity contribution in [1.82, 2.24) is 15.3 Å². The Kier molecular flexibility index (Phi) is 7.83. The SMILES string of the molecule is COC(=O)[C@H](CC(C)C)NC(=O)COc1ccc(Oc2cnc3cc(Cl)ccc3n2)cc1. The van der Waals surface area contributed by atoms with E-state index < -0.39 is 17.9 Å². The van der Waals surface area contributed by atoms with Gasteiger partial charge in [-0.05, 0) is 54.8 Å². The first-order valence-electron chi connectivity index (χ1n) is 10.0. The van der Waals surface area contributed by atoms with Crippen molar-refractivity contribution in [2.75, 3.05) is 13.7 Å². The van der Waals surface area contributed by atoms with E-state index in [0.717, 1.165) is 0 Å². The smallest absolute Gasteiger partial charge is 0.328 e. The second-order valence-electron chi connectivity index (χ2n) is 7.48. The molecule has 0 spiro atoms. The lowest BCUT2D eigenvalue weighted by molar-refractivity contribution is -0.145. The number of carbonyl (C=O) groups excluding carboxylic acids is 2. The Bertz CT molecular complexity index is 1090. The van der Waals surface area contributed by atoms with Crippen LogP contribution < -0.4 is 14.8 Å². The Labute approximate surface area is 190 Å². The number of methoxy groups -OCH3 is 1. The summed E-state index contributed by atoms with van der Waals surface area (Å²) >= 11 is 5.96. The van der Waals surface area contributed by atoms with E-state index >= 15 is 0 Å². The first-order valence-corrected chi connectivity index (χ1v) is 10.4. The van der Waals surface area contributed by atoms with Crippen LogP contribution in [0.2, 0.25) is 5.02 Å². The Hall–Kier alpha value is -3.39. The van der Waals surface area contributed by atoms with Crippen LogP contribution in [0.1, 0.15) is 20.3 Å². The molecule has 0 aliphatic heterocycles. The van der Waals surface area contributed by atoms with Gasteiger partial charge in [-0.25, -0.2) is 14.8 Å². The van der Waals surface area contributed by atoms with E-state index in [1.54, 1.807) is 42.5 Å². The Morgan fingerprint density at radius 3 is 2.47 bits per heavy atom. The van der Waals surface area contributed by atoms with E-state index in [1.165, 1.54) is 13.3 Å². The highest BCUT2D eigenvalue weighted by molar-refractivity contribution is 6.31. The van der Waals surface area contributed by atoms with Crippen LogP contribution in [-0.2, 0) is 14.3 Å². The summed E-state index contributed by atoms with van der Waals surface area (Å²) in [5.41, 5.74) is 1.34. The van der Waals surface area contributed by atoms with Gasteiger partial charge >= 0.3 is 5.97 Å². The minimum Gasteiger partial charge on any atom is -0.484 e. The third-order valence-electron chi connectivity index (χ3n) is 4.43. The zero-order valence-corrected chi connectivity index (χ0v) is 18.8. The minimum absolute atomic E-state index is 0.220. The highest BCUT2D eigenvalue weighted by Crippen LogP contribution is 2.24. The molecule has 168 valence electrons. The maximum atomic E-state index is 12.2. The average Bonchev–Trinajstić information content (AvgIpc) is 2.77. The molecular weight excluding hydrogens is 434 g/mol. The topological polar surface area (TPSA) is 99.6 Å². The van der Waals surface area contributed by atoms with Gasteiger partial charge in [-0.2, -0.15) is 0 Å². The molecule has 0 saturated heterocycles. The summed E-state index contributed by atoms with van der Waals surface area (Å²) in [6, 6.07) is 11.3. The fourth-order valence-corrected chi connectivity index (χ4v) is 3.12. The predicted octanol–water partition coefficient (Wildman–Crippen LogP) is 4.16. The van der Waals surface area contributed by atoms with Gasteiger partial charge in [-0.3, -0.25) is 4.79 Å². The van der Waals surface area contributed by atoms with Crippen molar-refractivity contribution in [1.29, 1.82) is 0 Å². The predicted molar refractivity (Wildman–Crippen MR) is 120 cm³/mol. The number of nitrogens with one attached hydrogen (secondary N) is 1. The van der Waals surface area contributed by atoms with Crippen LogP contribution in [0.25, 0.3) is 11.0 Å². The highest BCUT2D eigenvalue weighted by atomic mass is 35.5. The van der Waals surface area contributed by atoms with Gasteiger partial charge < -0.3 is 19.5 Å². The number of carbonyl (C=O) groups is 2. The molecule has 0 aliphatic rings. The highest BCUT2D eigenvalue weighted by Gasteiger charge is 2.22. The number of amides is 1. The number of ether oxygens (including phenoxy) is 3. The summed E-state index contributed by atoms with van der Waals surface area (Å²) in [7, 11) is 1.29. The summed E-state index contributed by atoms with van der Waals surface area (Å²) < 4.78 is 16.0. The molecule has 2 aromatic carbocycles. The van der Waals surface area contributed by atoms with Crippen LogP contribution in [0.4, 0.5) is 0 Å². The van der Waals surface area contributed by atoms with Gasteiger partial charge in [-0.15, -0.1) is 0 Å². The number of halogens is 1. The molecule has 1 aromatic heterocycles. The molecule has 1 atom stereocenters. The van der Waals surface area contributed by atoms with Crippen molar-refractivity contribution in [3.05, 3.63) is 53.7 Å². The molecule has 0 unspecified atom stereocenters. The van der Waals surface area contributed by atoms with Crippen LogP contribution in [-0.4, -0.2) is 41.6 Å². The van der Waals surface area contributed by atoms with Gasteiger partial charge in [0.1, 0.15) is 17.5 Å². The van der Waals surface area contributed by atoms with Gasteiger partial charge in [0.05, 0.1) is 24.3 Å². The molecule has 0 bridgehead atoms. The van der Waals surface area contributed by atoms with Crippen molar-refractivity contribution in [3.63, 3.8) is 0 Å². The lowest BCUT2D eigenvalue weighted by Crippen LogP contribution is -2.44. The summed E-state index contributed by atoms with van der Waals surface area (Å²) in [4.78, 5) is 32.7. The second kappa shape index (κ2) is 10.8. The average molecular weight is 458 g/mol. The number of aromatic nitrogens is 2. The maximum Gasteiger partial charge on any atom is 0.328 e. The van der Waals surface area contributed by atoms with E-state index in [2.05, 4.69) is 15.3 Å². The molecule has 32 heavy (non-hydrogen) atoms. The number of hydrogen-bond donors (Lipinski definition) is 1. The summed E-state index contributed by atoms with van der Waals surface area (Å²) in [6.45, 7) is 3.69. The fraction of sp³-hybridized carbons (Fsp3) is 0.304. The zero-order valence-electron chi connectivity index (χ0n) is 18.0. The van der Waals surface area contributed by atoms with Gasteiger partial charge in [0.2, 0.25) is 5.88 Å². The van der Waals surface area contributed by atoms with E-state index in [9.17, 15) is 9.59 Å². The lowest BCUT2D eigenvalue weighted by Gasteiger charge is -2.18. The maximum absolute atomic E-state index is 12.2. The monoisotopic (exact) mass is 457 g/mol. The van der Waals surface area contributed by atoms with Crippen molar-refractivity contribution >= 4 is 34.5 Å². The fourth-order valence-electron chi connectivity index (χ4n) is 2.95. The van der Waals surface area contributed by atoms with Crippen LogP contribution in [0.5, 0.6) is 17.4 Å². The van der Waals surface area contributed by atoms with E-state index in [1.807, 2.05) is 13.8 Å². The van der Waals surface area contributed by atoms with Gasteiger partial charge in [-0.1, -0.05) is 25.4 Å². The molecule has 0 radical (unpaired) electrons. The largest absolute Gasteiger partial charge is 0.484 e. The van der Waals surface area contributed by atoms with Crippen LogP contribution in [0, 0.1) is 5.92 Å². The second-order valence-corrected chi connectivity index (χ2v) is 7.91. The molecule has 1 amide bonds. The Balaban J connectivity index is 1.54. The number of esters is 1. The number of benzene rings is 2. The molecule has 1 N–H and O–H groups in total. The van der Waals surface area contributed by atoms with Gasteiger partial charge in [0.25, 0.3) is 5.91 Å². The third kappa shape index (κ3) is 6.55. The zero-order chi connectivity index (χ0) is 23.1. The number of fused-ring (bicyclic) bond motifs is 1. The molecule has 0 fully saturated rings. The number of hydrogen-bond acceptors (Lipinski definition) is 7. The molecular formula is C23H24ClN3O5. The van der Waals surface area contributed by atoms with E-state index in [4.69, 9.17) is 25.8 Å². The first-order chi connectivity index (χ1) is 15.3. The third-order valence-corrected chi connectivity index (χ3v) is 4.66. The standard InChI is InChI=1S/C23H24ClN3O5/c1-14(2)10-20(23(29)30-3)26-21(28)13-31-16-5-7-17(8-6-16)32-22-12-25-19-11-15(24)4-9-18(19)27-22/h4-9,11-12,14,20H,10,13H2,1-3H3,(H,26,28)/t20-/m0/s1.